The van der Waals surface area contributed by atoms with Gasteiger partial charge in [0, 0.05) is 67.5 Å². The summed E-state index contributed by atoms with van der Waals surface area (Å²) in [5.74, 6) is -4.33. The minimum Gasteiger partial charge on any atom is -0.345 e. The first-order valence-corrected chi connectivity index (χ1v) is 44.6. The summed E-state index contributed by atoms with van der Waals surface area (Å²) in [6.45, 7) is 38.0. The number of carbonyl (C=O) groups is 9. The number of nitrogens with two attached hydrogens (primary N) is 1. The van der Waals surface area contributed by atoms with Gasteiger partial charge in [0.2, 0.25) is 49.6 Å². The third kappa shape index (κ3) is 13.7. The highest BCUT2D eigenvalue weighted by molar-refractivity contribution is 7.92. The fraction of sp³-hybridized carbons (Fsp3) is 0.847. The van der Waals surface area contributed by atoms with Crippen molar-refractivity contribution in [3.05, 3.63) is 25.3 Å². The fourth-order valence-electron chi connectivity index (χ4n) is 23.4. The number of likely N-dealkylation sites (tertiary alicyclic amines) is 3. The lowest BCUT2D eigenvalue weighted by Crippen LogP contribution is -2.57. The highest BCUT2D eigenvalue weighted by Gasteiger charge is 2.87. The molecule has 107 heavy (non-hydrogen) atoms. The molecule has 10 saturated carbocycles. The molecule has 598 valence electrons. The molecule has 0 unspecified atom stereocenters. The summed E-state index contributed by atoms with van der Waals surface area (Å²) in [7, 11) is -7.80. The zero-order valence-corrected chi connectivity index (χ0v) is 69.2. The van der Waals surface area contributed by atoms with Crippen molar-refractivity contribution >= 4 is 72.7 Å². The number of carbonyl (C=O) groups excluding carboxylic acids is 9. The molecule has 0 aromatic carbocycles. The molecule has 3 aliphatic heterocycles. The molecule has 10 aliphatic carbocycles. The molecule has 13 rings (SSSR count). The first kappa shape index (κ1) is 81.8. The molecule has 0 aromatic rings. The predicted molar refractivity (Wildman–Crippen MR) is 413 cm³/mol. The van der Waals surface area contributed by atoms with Crippen LogP contribution >= 0.6 is 0 Å². The number of piperidine rings is 1. The van der Waals surface area contributed by atoms with Gasteiger partial charge in [0.25, 0.3) is 0 Å². The molecule has 0 aromatic heterocycles. The van der Waals surface area contributed by atoms with Crippen LogP contribution in [0.5, 0.6) is 0 Å². The van der Waals surface area contributed by atoms with Gasteiger partial charge in [-0.3, -0.25) is 57.5 Å². The van der Waals surface area contributed by atoms with Gasteiger partial charge in [0.05, 0.1) is 50.5 Å². The van der Waals surface area contributed by atoms with Crippen molar-refractivity contribution in [1.82, 2.24) is 29.5 Å². The van der Waals surface area contributed by atoms with Crippen LogP contribution in [0.25, 0.3) is 0 Å². The Labute approximate surface area is 640 Å². The summed E-state index contributed by atoms with van der Waals surface area (Å²) in [6.07, 6.45) is 25.9. The van der Waals surface area contributed by atoms with E-state index in [4.69, 9.17) is 5.73 Å². The van der Waals surface area contributed by atoms with E-state index in [9.17, 15) is 55.2 Å². The van der Waals surface area contributed by atoms with Gasteiger partial charge in [-0.25, -0.2) is 16.8 Å². The van der Waals surface area contributed by atoms with Crippen LogP contribution in [0, 0.1) is 89.7 Å². The van der Waals surface area contributed by atoms with Crippen molar-refractivity contribution in [2.45, 2.75) is 342 Å². The molecular formula is C85H133N7O13S2. The Bertz CT molecular complexity index is 3820. The zero-order valence-electron chi connectivity index (χ0n) is 67.6. The second-order valence-electron chi connectivity index (χ2n) is 40.9. The summed E-state index contributed by atoms with van der Waals surface area (Å²) in [5, 5.41) is 3.28. The van der Waals surface area contributed by atoms with Gasteiger partial charge in [-0.1, -0.05) is 139 Å². The lowest BCUT2D eigenvalue weighted by Gasteiger charge is -2.40. The van der Waals surface area contributed by atoms with Gasteiger partial charge >= 0.3 is 0 Å². The van der Waals surface area contributed by atoms with Crippen LogP contribution < -0.4 is 20.5 Å². The smallest absolute Gasteiger partial charge is 0.240 e. The average molecular weight is 1530 g/mol. The average Bonchev–Trinajstić information content (AvgIpc) is 1.46. The van der Waals surface area contributed by atoms with Crippen LogP contribution in [0.1, 0.15) is 296 Å². The number of sulfonamides is 2. The normalized spacial score (nSPS) is 33.6. The van der Waals surface area contributed by atoms with E-state index < -0.39 is 99.0 Å². The summed E-state index contributed by atoms with van der Waals surface area (Å²) < 4.78 is 55.2. The fourth-order valence-corrected chi connectivity index (χ4v) is 26.1. The maximum Gasteiger partial charge on any atom is 0.240 e. The Balaban J connectivity index is 0.000000204. The highest BCUT2D eigenvalue weighted by Crippen LogP contribution is 2.89. The summed E-state index contributed by atoms with van der Waals surface area (Å²) in [4.78, 5) is 136. The van der Waals surface area contributed by atoms with Gasteiger partial charge < -0.3 is 20.9 Å². The van der Waals surface area contributed by atoms with E-state index in [1.807, 2.05) is 41.5 Å². The molecular weight excluding hydrogens is 1390 g/mol. The number of fused-ring (bicyclic) bond motifs is 2. The first-order valence-electron chi connectivity index (χ1n) is 41.7. The number of ketones is 4. The summed E-state index contributed by atoms with van der Waals surface area (Å²) in [6, 6.07) is -2.89. The Morgan fingerprint density at radius 1 is 0.495 bits per heavy atom. The molecule has 22 heteroatoms. The number of hydrogen-bond acceptors (Lipinski definition) is 15. The van der Waals surface area contributed by atoms with E-state index in [1.54, 1.807) is 35.8 Å². The van der Waals surface area contributed by atoms with E-state index in [2.05, 4.69) is 74.4 Å². The van der Waals surface area contributed by atoms with E-state index in [0.29, 0.717) is 64.5 Å². The number of hydrogen-bond donors (Lipinski definition) is 4. The number of allylic oxidation sites excluding steroid dienone is 2. The molecule has 5 N–H and O–H groups in total. The maximum atomic E-state index is 15.4. The maximum absolute atomic E-state index is 15.4. The van der Waals surface area contributed by atoms with Crippen LogP contribution in [0.2, 0.25) is 0 Å². The largest absolute Gasteiger partial charge is 0.345 e. The van der Waals surface area contributed by atoms with E-state index >= 15 is 4.79 Å². The molecule has 3 heterocycles. The number of nitrogens with zero attached hydrogens (tertiary/aromatic N) is 3. The molecule has 13 aliphatic rings. The quantitative estimate of drug-likeness (QED) is 0.0556. The molecule has 20 nitrogen and oxygen atoms in total. The van der Waals surface area contributed by atoms with E-state index in [-0.39, 0.29) is 135 Å². The van der Waals surface area contributed by atoms with Crippen molar-refractivity contribution in [1.29, 1.82) is 0 Å². The number of nitrogens with one attached hydrogen (secondary N) is 3. The molecule has 13 fully saturated rings. The minimum atomic E-state index is -3.92. The Kier molecular flexibility index (Phi) is 21.5. The zero-order chi connectivity index (χ0) is 78.4. The molecule has 13 atom stereocenters. The Morgan fingerprint density at radius 2 is 0.879 bits per heavy atom. The SMILES string of the molecule is C=C[C@@H]1C[C@]1(CC(=O)[C@@H]1C[C@@]2(CN1C(=O)[C@@H](CC(=O)[C@@H](N)C1CCCCC1)C(C)(C)C)C(C)(C)C21CCC1)C(=O)NS(=O)(=O)C1(C)CC1.C=C[C@@H]1C[C@]1(CC(=O)[C@@H]1C[C@@]2(CN1C(=O)[C@@H](CC(=O)[C@@H](NC(=O)[C@@H]1CCCCN1C(C)C)C1CCCCC1)C(C)(C)C)C(C)(C)C21CCC1)C(=O)NS(=O)(=O)C1(C)CC1. The van der Waals surface area contributed by atoms with Crippen LogP contribution in [0.4, 0.5) is 0 Å². The molecule has 3 saturated heterocycles. The van der Waals surface area contributed by atoms with Crippen LogP contribution in [-0.2, 0) is 63.2 Å². The topological polar surface area (TPSA) is 294 Å². The van der Waals surface area contributed by atoms with Gasteiger partial charge in [0.1, 0.15) is 0 Å². The van der Waals surface area contributed by atoms with Crippen LogP contribution in [-0.4, -0.2) is 150 Å². The molecule has 4 spiro atoms. The second kappa shape index (κ2) is 28.2. The van der Waals surface area contributed by atoms with E-state index in [1.165, 1.54) is 0 Å². The molecule has 0 bridgehead atoms. The van der Waals surface area contributed by atoms with Gasteiger partial charge in [-0.2, -0.15) is 0 Å². The van der Waals surface area contributed by atoms with Gasteiger partial charge in [0.15, 0.2) is 23.1 Å². The van der Waals surface area contributed by atoms with Crippen molar-refractivity contribution in [3.8, 4) is 0 Å². The minimum absolute atomic E-state index is 0.00660. The monoisotopic (exact) mass is 1520 g/mol. The standard InChI is InChI=1S/C47H74N4O7S.C38H59N3O6S/c1-10-32-26-45(32,41(56)49-59(57,58)44(9)22-23-44)28-37(53)35-27-47(43(7,8)46(47)20-16-21-46)29-51(35)40(55)33(42(4,5)6)25-36(52)38(31-17-12-11-13-18-31)48-39(54)34-19-14-15-24-50(34)30(2)3;1-8-25-20-36(25,32(45)40-48(46,47)35(7)17-18-35)22-29(43)27-21-38(34(5,6)37(38)15-12-16-37)23-41(27)31(44)26(33(2,3)4)19-28(42)30(39)24-13-10-9-11-14-24/h10,30-35,38H,1,11-29H2,2-9H3,(H,48,54)(H,49,56);8,24-27,30H,1,9-23,39H2,2-7H3,(H,40,45)/t32-,33-,34+,35+,38+,45-,47-;25-,26-,27+,30+,36-,38-/m11/s1. The Hall–Kier alpha value is -4.67. The van der Waals surface area contributed by atoms with Gasteiger partial charge in [-0.15, -0.1) is 13.2 Å². The van der Waals surface area contributed by atoms with Gasteiger partial charge in [-0.05, 0) is 206 Å². The van der Waals surface area contributed by atoms with Crippen molar-refractivity contribution in [3.63, 3.8) is 0 Å². The highest BCUT2D eigenvalue weighted by atomic mass is 32.2. The number of rotatable bonds is 27. The second-order valence-corrected chi connectivity index (χ2v) is 45.3. The molecule has 5 amide bonds. The number of Topliss-reactive ketones (excluding diaryl/α,β-unsaturated/α-hetero) is 4. The predicted octanol–water partition coefficient (Wildman–Crippen LogP) is 12.3. The third-order valence-corrected chi connectivity index (χ3v) is 36.9. The number of amides is 5. The van der Waals surface area contributed by atoms with Crippen LogP contribution in [0.3, 0.4) is 0 Å². The van der Waals surface area contributed by atoms with E-state index in [0.717, 1.165) is 129 Å². The summed E-state index contributed by atoms with van der Waals surface area (Å²) in [5.41, 5.74) is 2.44. The van der Waals surface area contributed by atoms with Crippen molar-refractivity contribution in [2.24, 2.45) is 95.4 Å². The molecule has 0 radical (unpaired) electrons. The Morgan fingerprint density at radius 3 is 1.21 bits per heavy atom. The first-order chi connectivity index (χ1) is 49.7. The third-order valence-electron chi connectivity index (χ3n) is 32.6. The lowest BCUT2D eigenvalue weighted by molar-refractivity contribution is -0.147. The van der Waals surface area contributed by atoms with Crippen molar-refractivity contribution in [2.75, 3.05) is 19.6 Å². The summed E-state index contributed by atoms with van der Waals surface area (Å²) >= 11 is 0. The lowest BCUT2D eigenvalue weighted by atomic mass is 9.73. The van der Waals surface area contributed by atoms with Crippen molar-refractivity contribution < 1.29 is 60.0 Å². The van der Waals surface area contributed by atoms with Crippen LogP contribution in [0.15, 0.2) is 25.3 Å².